The van der Waals surface area contributed by atoms with Gasteiger partial charge in [-0.05, 0) is 13.3 Å². The minimum absolute atomic E-state index is 0.674. The number of rotatable bonds is 4. The summed E-state index contributed by atoms with van der Waals surface area (Å²) >= 11 is 0. The van der Waals surface area contributed by atoms with Crippen molar-refractivity contribution >= 4 is 6.34 Å². The second-order valence-electron chi connectivity index (χ2n) is 2.89. The van der Waals surface area contributed by atoms with Crippen LogP contribution in [0.3, 0.4) is 0 Å². The molecule has 0 spiro atoms. The predicted molar refractivity (Wildman–Crippen MR) is 47.4 cm³/mol. The van der Waals surface area contributed by atoms with Gasteiger partial charge >= 0.3 is 0 Å². The van der Waals surface area contributed by atoms with Gasteiger partial charge in [0, 0.05) is 13.1 Å². The van der Waals surface area contributed by atoms with E-state index in [2.05, 4.69) is 12.0 Å². The Bertz CT molecular complexity index is 160. The molecule has 12 heavy (non-hydrogen) atoms. The van der Waals surface area contributed by atoms with Crippen LogP contribution in [0.5, 0.6) is 0 Å². The van der Waals surface area contributed by atoms with Gasteiger partial charge in [-0.3, -0.25) is 0 Å². The van der Waals surface area contributed by atoms with Crippen LogP contribution in [0.25, 0.3) is 0 Å². The lowest BCUT2D eigenvalue weighted by Gasteiger charge is -2.22. The molecule has 0 aromatic heterocycles. The van der Waals surface area contributed by atoms with Gasteiger partial charge in [0.1, 0.15) is 6.34 Å². The normalized spacial score (nSPS) is 22.4. The van der Waals surface area contributed by atoms with Crippen LogP contribution in [-0.4, -0.2) is 35.8 Å². The molecule has 1 heterocycles. The number of nitrogens with zero attached hydrogens (tertiary/aromatic N) is 3. The molecule has 3 nitrogen and oxygen atoms in total. The summed E-state index contributed by atoms with van der Waals surface area (Å²) in [4.78, 5) is 1.58. The van der Waals surface area contributed by atoms with E-state index in [9.17, 15) is 4.39 Å². The van der Waals surface area contributed by atoms with Crippen LogP contribution in [0, 0.1) is 0 Å². The van der Waals surface area contributed by atoms with Crippen molar-refractivity contribution in [2.24, 2.45) is 5.10 Å². The first kappa shape index (κ1) is 9.29. The molecular weight excluding hydrogens is 157 g/mol. The fourth-order valence-corrected chi connectivity index (χ4v) is 1.13. The molecule has 1 unspecified atom stereocenters. The maximum atomic E-state index is 13.3. The highest BCUT2D eigenvalue weighted by molar-refractivity contribution is 5.56. The fraction of sp³-hybridized carbons (Fsp3) is 0.875. The zero-order chi connectivity index (χ0) is 8.97. The molecule has 0 saturated heterocycles. The van der Waals surface area contributed by atoms with Crippen molar-refractivity contribution in [1.29, 1.82) is 0 Å². The van der Waals surface area contributed by atoms with Crippen LogP contribution in [0.2, 0.25) is 0 Å². The van der Waals surface area contributed by atoms with Crippen LogP contribution >= 0.6 is 0 Å². The van der Waals surface area contributed by atoms with E-state index in [0.29, 0.717) is 13.1 Å². The number of halogens is 1. The summed E-state index contributed by atoms with van der Waals surface area (Å²) in [5.41, 5.74) is 0. The maximum absolute atomic E-state index is 13.3. The summed E-state index contributed by atoms with van der Waals surface area (Å²) in [6.45, 7) is 5.39. The van der Waals surface area contributed by atoms with Gasteiger partial charge in [0.2, 0.25) is 0 Å². The van der Waals surface area contributed by atoms with E-state index >= 15 is 0 Å². The molecule has 4 heteroatoms. The van der Waals surface area contributed by atoms with Crippen molar-refractivity contribution in [1.82, 2.24) is 9.91 Å². The quantitative estimate of drug-likeness (QED) is 0.601. The van der Waals surface area contributed by atoms with Crippen molar-refractivity contribution in [3.05, 3.63) is 0 Å². The van der Waals surface area contributed by atoms with E-state index in [-0.39, 0.29) is 0 Å². The first-order valence-electron chi connectivity index (χ1n) is 4.50. The van der Waals surface area contributed by atoms with Crippen LogP contribution < -0.4 is 0 Å². The van der Waals surface area contributed by atoms with Gasteiger partial charge in [-0.1, -0.05) is 13.3 Å². The van der Waals surface area contributed by atoms with Crippen molar-refractivity contribution in [3.8, 4) is 0 Å². The number of hydrazone groups is 1. The SMILES string of the molecule is CCCCN1N=CN(CC)C1F. The number of alkyl halides is 1. The molecule has 0 fully saturated rings. The Morgan fingerprint density at radius 3 is 2.75 bits per heavy atom. The molecule has 0 aromatic rings. The summed E-state index contributed by atoms with van der Waals surface area (Å²) in [7, 11) is 0. The van der Waals surface area contributed by atoms with Gasteiger partial charge in [-0.25, -0.2) is 5.01 Å². The lowest BCUT2D eigenvalue weighted by Crippen LogP contribution is -2.36. The first-order valence-corrected chi connectivity index (χ1v) is 4.50. The minimum Gasteiger partial charge on any atom is -0.313 e. The molecule has 0 aliphatic carbocycles. The molecule has 0 saturated carbocycles. The fourth-order valence-electron chi connectivity index (χ4n) is 1.13. The molecule has 0 radical (unpaired) electrons. The summed E-state index contributed by atoms with van der Waals surface area (Å²) < 4.78 is 13.3. The predicted octanol–water partition coefficient (Wildman–Crippen LogP) is 1.62. The summed E-state index contributed by atoms with van der Waals surface area (Å²) in [5, 5.41) is 5.46. The molecule has 1 atom stereocenters. The molecule has 70 valence electrons. The molecule has 0 amide bonds. The average molecular weight is 173 g/mol. The second kappa shape index (κ2) is 4.28. The lowest BCUT2D eigenvalue weighted by molar-refractivity contribution is 0.0171. The highest BCUT2D eigenvalue weighted by Gasteiger charge is 2.24. The Labute approximate surface area is 72.8 Å². The largest absolute Gasteiger partial charge is 0.313 e. The highest BCUT2D eigenvalue weighted by atomic mass is 19.1. The van der Waals surface area contributed by atoms with Crippen LogP contribution in [0.1, 0.15) is 26.7 Å². The lowest BCUT2D eigenvalue weighted by atomic mass is 10.3. The van der Waals surface area contributed by atoms with Crippen molar-refractivity contribution in [2.75, 3.05) is 13.1 Å². The Morgan fingerprint density at radius 1 is 1.50 bits per heavy atom. The van der Waals surface area contributed by atoms with Crippen molar-refractivity contribution in [2.45, 2.75) is 33.1 Å². The van der Waals surface area contributed by atoms with E-state index in [1.807, 2.05) is 6.92 Å². The zero-order valence-corrected chi connectivity index (χ0v) is 7.70. The summed E-state index contributed by atoms with van der Waals surface area (Å²) in [5.74, 6) is 0. The number of hydrogen-bond donors (Lipinski definition) is 0. The third-order valence-electron chi connectivity index (χ3n) is 1.97. The van der Waals surface area contributed by atoms with Crippen LogP contribution in [0.4, 0.5) is 4.39 Å². The maximum Gasteiger partial charge on any atom is 0.265 e. The van der Waals surface area contributed by atoms with E-state index in [1.54, 1.807) is 11.2 Å². The monoisotopic (exact) mass is 173 g/mol. The Kier molecular flexibility index (Phi) is 3.31. The third-order valence-corrected chi connectivity index (χ3v) is 1.97. The standard InChI is InChI=1S/C8H16FN3/c1-3-5-6-12-8(9)11(4-2)7-10-12/h7-8H,3-6H2,1-2H3. The molecule has 1 rings (SSSR count). The smallest absolute Gasteiger partial charge is 0.265 e. The first-order chi connectivity index (χ1) is 5.79. The number of hydrogen-bond acceptors (Lipinski definition) is 3. The minimum atomic E-state index is -1.04. The Balaban J connectivity index is 2.34. The molecule has 1 aliphatic heterocycles. The second-order valence-corrected chi connectivity index (χ2v) is 2.89. The molecule has 0 aromatic carbocycles. The van der Waals surface area contributed by atoms with E-state index in [1.165, 1.54) is 5.01 Å². The Hall–Kier alpha value is -0.800. The van der Waals surface area contributed by atoms with Crippen LogP contribution in [0.15, 0.2) is 5.10 Å². The topological polar surface area (TPSA) is 18.8 Å². The van der Waals surface area contributed by atoms with Gasteiger partial charge in [0.05, 0.1) is 0 Å². The van der Waals surface area contributed by atoms with Gasteiger partial charge in [0.25, 0.3) is 6.42 Å². The van der Waals surface area contributed by atoms with Gasteiger partial charge in [-0.2, -0.15) is 9.49 Å². The Morgan fingerprint density at radius 2 is 2.25 bits per heavy atom. The summed E-state index contributed by atoms with van der Waals surface area (Å²) in [6, 6.07) is 0. The average Bonchev–Trinajstić information content (AvgIpc) is 2.43. The molecular formula is C8H16FN3. The molecule has 0 bridgehead atoms. The van der Waals surface area contributed by atoms with E-state index in [0.717, 1.165) is 12.8 Å². The number of unbranched alkanes of at least 4 members (excludes halogenated alkanes) is 1. The summed E-state index contributed by atoms with van der Waals surface area (Å²) in [6.07, 6.45) is 2.60. The van der Waals surface area contributed by atoms with Crippen molar-refractivity contribution in [3.63, 3.8) is 0 Å². The van der Waals surface area contributed by atoms with Gasteiger partial charge in [0.15, 0.2) is 0 Å². The van der Waals surface area contributed by atoms with Gasteiger partial charge < -0.3 is 4.90 Å². The molecule has 1 aliphatic rings. The zero-order valence-electron chi connectivity index (χ0n) is 7.70. The van der Waals surface area contributed by atoms with E-state index < -0.39 is 6.42 Å². The van der Waals surface area contributed by atoms with Crippen molar-refractivity contribution < 1.29 is 4.39 Å². The van der Waals surface area contributed by atoms with Crippen LogP contribution in [-0.2, 0) is 0 Å². The highest BCUT2D eigenvalue weighted by Crippen LogP contribution is 2.13. The van der Waals surface area contributed by atoms with E-state index in [4.69, 9.17) is 0 Å². The molecule has 0 N–H and O–H groups in total. The van der Waals surface area contributed by atoms with Gasteiger partial charge in [-0.15, -0.1) is 0 Å². The third kappa shape index (κ3) is 1.87.